The highest BCUT2D eigenvalue weighted by atomic mass is 16.2. The number of pyridine rings is 1. The second-order valence-electron chi connectivity index (χ2n) is 6.84. The molecule has 0 saturated heterocycles. The largest absolute Gasteiger partial charge is 0.309 e. The molecule has 3 heterocycles. The summed E-state index contributed by atoms with van der Waals surface area (Å²) in [5.74, 6) is 0.498. The van der Waals surface area contributed by atoms with Crippen molar-refractivity contribution >= 4 is 33.5 Å². The fraction of sp³-hybridized carbons (Fsp3) is 0.0909. The Morgan fingerprint density at radius 2 is 1.90 bits per heavy atom. The number of benzene rings is 2. The zero-order chi connectivity index (χ0) is 19.8. The second-order valence-corrected chi connectivity index (χ2v) is 6.84. The minimum absolute atomic E-state index is 0.129. The first-order valence-electron chi connectivity index (χ1n) is 9.26. The summed E-state index contributed by atoms with van der Waals surface area (Å²) in [6.07, 6.45) is 5.24. The van der Waals surface area contributed by atoms with Gasteiger partial charge in [-0.25, -0.2) is 0 Å². The molecule has 0 spiro atoms. The van der Waals surface area contributed by atoms with E-state index < -0.39 is 0 Å². The highest BCUT2D eigenvalue weighted by Crippen LogP contribution is 2.29. The van der Waals surface area contributed by atoms with Crippen molar-refractivity contribution in [1.82, 2.24) is 24.5 Å². The van der Waals surface area contributed by atoms with Crippen LogP contribution in [0.25, 0.3) is 32.9 Å². The molecule has 7 nitrogen and oxygen atoms in total. The number of nitrogens with zero attached hydrogens (tertiary/aromatic N) is 5. The van der Waals surface area contributed by atoms with Crippen LogP contribution in [0.15, 0.2) is 73.2 Å². The van der Waals surface area contributed by atoms with Crippen LogP contribution in [0, 0.1) is 0 Å². The summed E-state index contributed by atoms with van der Waals surface area (Å²) >= 11 is 0. The van der Waals surface area contributed by atoms with Gasteiger partial charge in [-0.1, -0.05) is 30.3 Å². The number of aromatic nitrogens is 5. The number of carbonyl (C=O) groups is 1. The van der Waals surface area contributed by atoms with Gasteiger partial charge in [0.1, 0.15) is 12.4 Å². The van der Waals surface area contributed by atoms with Gasteiger partial charge in [-0.15, -0.1) is 0 Å². The molecule has 5 rings (SSSR count). The maximum atomic E-state index is 12.4. The number of anilines is 1. The molecule has 0 aliphatic heterocycles. The van der Waals surface area contributed by atoms with Gasteiger partial charge in [0.05, 0.1) is 23.4 Å². The Bertz CT molecular complexity index is 1340. The number of fused-ring (bicyclic) bond motifs is 2. The lowest BCUT2D eigenvalue weighted by Crippen LogP contribution is -2.20. The quantitative estimate of drug-likeness (QED) is 0.515. The van der Waals surface area contributed by atoms with Crippen molar-refractivity contribution in [3.8, 4) is 11.1 Å². The number of rotatable bonds is 4. The van der Waals surface area contributed by atoms with Crippen molar-refractivity contribution in [2.24, 2.45) is 7.05 Å². The van der Waals surface area contributed by atoms with E-state index in [1.54, 1.807) is 34.9 Å². The summed E-state index contributed by atoms with van der Waals surface area (Å²) in [6, 6.07) is 18.0. The van der Waals surface area contributed by atoms with Gasteiger partial charge < -0.3 is 5.32 Å². The lowest BCUT2D eigenvalue weighted by Gasteiger charge is -2.08. The minimum Gasteiger partial charge on any atom is -0.309 e. The highest BCUT2D eigenvalue weighted by molar-refractivity contribution is 5.96. The van der Waals surface area contributed by atoms with Crippen LogP contribution in [-0.4, -0.2) is 30.5 Å². The van der Waals surface area contributed by atoms with Crippen LogP contribution >= 0.6 is 0 Å². The minimum atomic E-state index is -0.152. The van der Waals surface area contributed by atoms with Crippen molar-refractivity contribution in [3.05, 3.63) is 73.2 Å². The first-order valence-corrected chi connectivity index (χ1v) is 9.26. The average Bonchev–Trinajstić information content (AvgIpc) is 3.33. The summed E-state index contributed by atoms with van der Waals surface area (Å²) in [5, 5.41) is 13.4. The number of hydrogen-bond donors (Lipinski definition) is 1. The summed E-state index contributed by atoms with van der Waals surface area (Å²) in [4.78, 5) is 16.9. The van der Waals surface area contributed by atoms with Crippen LogP contribution in [0.4, 0.5) is 5.82 Å². The molecule has 0 atom stereocenters. The Kier molecular flexibility index (Phi) is 4.05. The van der Waals surface area contributed by atoms with Crippen molar-refractivity contribution in [1.29, 1.82) is 0 Å². The van der Waals surface area contributed by atoms with E-state index in [1.165, 1.54) is 0 Å². The van der Waals surface area contributed by atoms with Crippen LogP contribution < -0.4 is 5.32 Å². The molecule has 29 heavy (non-hydrogen) atoms. The van der Waals surface area contributed by atoms with Crippen LogP contribution in [0.1, 0.15) is 0 Å². The predicted molar refractivity (Wildman–Crippen MR) is 112 cm³/mol. The molecule has 0 unspecified atom stereocenters. The summed E-state index contributed by atoms with van der Waals surface area (Å²) in [5.41, 5.74) is 4.02. The van der Waals surface area contributed by atoms with E-state index in [0.29, 0.717) is 5.82 Å². The van der Waals surface area contributed by atoms with E-state index in [9.17, 15) is 4.79 Å². The van der Waals surface area contributed by atoms with Crippen molar-refractivity contribution in [3.63, 3.8) is 0 Å². The zero-order valence-corrected chi connectivity index (χ0v) is 15.8. The molecule has 0 aliphatic carbocycles. The Balaban J connectivity index is 1.45. The topological polar surface area (TPSA) is 77.6 Å². The van der Waals surface area contributed by atoms with Gasteiger partial charge >= 0.3 is 0 Å². The monoisotopic (exact) mass is 382 g/mol. The summed E-state index contributed by atoms with van der Waals surface area (Å²) in [6.45, 7) is 0.129. The molecule has 7 heteroatoms. The van der Waals surface area contributed by atoms with Crippen molar-refractivity contribution in [2.75, 3.05) is 5.32 Å². The van der Waals surface area contributed by atoms with Gasteiger partial charge in [-0.2, -0.15) is 10.2 Å². The molecule has 0 aliphatic rings. The van der Waals surface area contributed by atoms with E-state index in [0.717, 1.165) is 32.9 Å². The lowest BCUT2D eigenvalue weighted by molar-refractivity contribution is -0.116. The number of amides is 1. The Labute approximate surface area is 166 Å². The average molecular weight is 382 g/mol. The third kappa shape index (κ3) is 3.12. The maximum Gasteiger partial charge on any atom is 0.247 e. The number of para-hydroxylation sites is 1. The fourth-order valence-electron chi connectivity index (χ4n) is 3.53. The van der Waals surface area contributed by atoms with Gasteiger partial charge in [-0.05, 0) is 23.8 Å². The molecule has 1 amide bonds. The van der Waals surface area contributed by atoms with Crippen LogP contribution in [0.3, 0.4) is 0 Å². The van der Waals surface area contributed by atoms with Gasteiger partial charge in [-0.3, -0.25) is 19.1 Å². The molecule has 2 aromatic carbocycles. The maximum absolute atomic E-state index is 12.4. The standard InChI is InChI=1S/C22H18N6O/c1-27-20(9-11-24-27)26-21(29)14-28-19-8-7-16(12-17(19)13-25-28)18-6-2-4-15-5-3-10-23-22(15)18/h2-13H,14H2,1H3,(H,26,29). The summed E-state index contributed by atoms with van der Waals surface area (Å²) in [7, 11) is 1.78. The van der Waals surface area contributed by atoms with Gasteiger partial charge in [0.25, 0.3) is 0 Å². The first-order chi connectivity index (χ1) is 14.2. The molecule has 0 saturated carbocycles. The van der Waals surface area contributed by atoms with Crippen LogP contribution in [-0.2, 0) is 18.4 Å². The van der Waals surface area contributed by atoms with Crippen LogP contribution in [0.5, 0.6) is 0 Å². The van der Waals surface area contributed by atoms with Gasteiger partial charge in [0, 0.05) is 35.6 Å². The number of aryl methyl sites for hydroxylation is 1. The van der Waals surface area contributed by atoms with E-state index in [4.69, 9.17) is 0 Å². The third-order valence-corrected chi connectivity index (χ3v) is 4.97. The Morgan fingerprint density at radius 1 is 1.00 bits per heavy atom. The number of hydrogen-bond acceptors (Lipinski definition) is 4. The lowest BCUT2D eigenvalue weighted by atomic mass is 10.0. The van der Waals surface area contributed by atoms with E-state index in [-0.39, 0.29) is 12.5 Å². The smallest absolute Gasteiger partial charge is 0.247 e. The van der Waals surface area contributed by atoms with E-state index in [2.05, 4.69) is 44.8 Å². The zero-order valence-electron chi connectivity index (χ0n) is 15.8. The van der Waals surface area contributed by atoms with E-state index in [1.807, 2.05) is 30.5 Å². The second kappa shape index (κ2) is 6.87. The van der Waals surface area contributed by atoms with E-state index >= 15 is 0 Å². The van der Waals surface area contributed by atoms with Gasteiger partial charge in [0.2, 0.25) is 5.91 Å². The van der Waals surface area contributed by atoms with Gasteiger partial charge in [0.15, 0.2) is 0 Å². The molecule has 3 aromatic heterocycles. The normalized spacial score (nSPS) is 11.2. The van der Waals surface area contributed by atoms with Crippen molar-refractivity contribution in [2.45, 2.75) is 6.54 Å². The number of nitrogens with one attached hydrogen (secondary N) is 1. The summed E-state index contributed by atoms with van der Waals surface area (Å²) < 4.78 is 3.32. The molecule has 1 N–H and O–H groups in total. The highest BCUT2D eigenvalue weighted by Gasteiger charge is 2.11. The Hall–Kier alpha value is -4.00. The van der Waals surface area contributed by atoms with Crippen molar-refractivity contribution < 1.29 is 4.79 Å². The SMILES string of the molecule is Cn1nccc1NC(=O)Cn1ncc2cc(-c3cccc4cccnc34)ccc21. The fourth-order valence-corrected chi connectivity index (χ4v) is 3.53. The molecule has 0 fully saturated rings. The molecule has 5 aromatic rings. The molecule has 0 bridgehead atoms. The molecular weight excluding hydrogens is 364 g/mol. The number of carbonyl (C=O) groups excluding carboxylic acids is 1. The van der Waals surface area contributed by atoms with Crippen LogP contribution in [0.2, 0.25) is 0 Å². The third-order valence-electron chi connectivity index (χ3n) is 4.97. The molecule has 0 radical (unpaired) electrons. The Morgan fingerprint density at radius 3 is 2.76 bits per heavy atom. The molecular formula is C22H18N6O. The predicted octanol–water partition coefficient (Wildman–Crippen LogP) is 3.62. The first kappa shape index (κ1) is 17.1. The molecule has 142 valence electrons.